The van der Waals surface area contributed by atoms with E-state index in [9.17, 15) is 20.1 Å². The van der Waals surface area contributed by atoms with Crippen molar-refractivity contribution in [2.75, 3.05) is 7.11 Å². The first-order valence-corrected chi connectivity index (χ1v) is 8.58. The summed E-state index contributed by atoms with van der Waals surface area (Å²) in [6.45, 7) is 1.90. The molecule has 0 amide bonds. The second-order valence-electron chi connectivity index (χ2n) is 6.29. The molecule has 8 nitrogen and oxygen atoms in total. The van der Waals surface area contributed by atoms with E-state index in [0.29, 0.717) is 19.3 Å². The van der Waals surface area contributed by atoms with E-state index >= 15 is 0 Å². The van der Waals surface area contributed by atoms with Crippen LogP contribution in [-0.4, -0.2) is 70.3 Å². The van der Waals surface area contributed by atoms with E-state index in [0.717, 1.165) is 11.3 Å². The Morgan fingerprint density at radius 3 is 2.35 bits per heavy atom. The number of ether oxygens (including phenoxy) is 3. The maximum absolute atomic E-state index is 11.1. The lowest BCUT2D eigenvalue weighted by Gasteiger charge is -2.39. The van der Waals surface area contributed by atoms with Crippen molar-refractivity contribution in [2.45, 2.75) is 63.0 Å². The van der Waals surface area contributed by atoms with E-state index in [2.05, 4.69) is 0 Å². The van der Waals surface area contributed by atoms with Crippen LogP contribution >= 0.6 is 0 Å². The van der Waals surface area contributed by atoms with E-state index in [4.69, 9.17) is 19.3 Å². The Balaban J connectivity index is 1.95. The van der Waals surface area contributed by atoms with E-state index in [1.54, 1.807) is 7.11 Å². The normalized spacial score (nSPS) is 30.0. The zero-order chi connectivity index (χ0) is 19.3. The Morgan fingerprint density at radius 2 is 1.81 bits per heavy atom. The molecule has 1 heterocycles. The summed E-state index contributed by atoms with van der Waals surface area (Å²) in [5, 5.41) is 38.6. The molecule has 1 fully saturated rings. The highest BCUT2D eigenvalue weighted by Crippen LogP contribution is 2.25. The van der Waals surface area contributed by atoms with Crippen molar-refractivity contribution in [1.29, 1.82) is 0 Å². The molecule has 0 bridgehead atoms. The molecule has 0 spiro atoms. The van der Waals surface area contributed by atoms with E-state index in [1.165, 1.54) is 0 Å². The zero-order valence-electron chi connectivity index (χ0n) is 14.8. The molecule has 26 heavy (non-hydrogen) atoms. The summed E-state index contributed by atoms with van der Waals surface area (Å²) in [6.07, 6.45) is -6.27. The fourth-order valence-corrected chi connectivity index (χ4v) is 2.84. The van der Waals surface area contributed by atoms with E-state index in [-0.39, 0.29) is 6.10 Å². The van der Waals surface area contributed by atoms with E-state index in [1.807, 2.05) is 31.2 Å². The molecule has 6 atom stereocenters. The summed E-state index contributed by atoms with van der Waals surface area (Å²) in [7, 11) is 1.60. The van der Waals surface area contributed by atoms with Gasteiger partial charge in [-0.3, -0.25) is 0 Å². The predicted octanol–water partition coefficient (Wildman–Crippen LogP) is 0.315. The number of carbonyl (C=O) groups is 1. The van der Waals surface area contributed by atoms with Crippen molar-refractivity contribution >= 4 is 5.97 Å². The maximum atomic E-state index is 11.1. The number of benzene rings is 1. The average Bonchev–Trinajstić information content (AvgIpc) is 2.65. The highest BCUT2D eigenvalue weighted by Gasteiger charge is 2.47. The van der Waals surface area contributed by atoms with Crippen LogP contribution < -0.4 is 4.74 Å². The van der Waals surface area contributed by atoms with Gasteiger partial charge in [-0.15, -0.1) is 0 Å². The summed E-state index contributed by atoms with van der Waals surface area (Å²) in [6, 6.07) is 7.61. The van der Waals surface area contributed by atoms with Crippen molar-refractivity contribution < 1.29 is 39.4 Å². The number of hydrogen-bond acceptors (Lipinski definition) is 7. The highest BCUT2D eigenvalue weighted by atomic mass is 16.7. The van der Waals surface area contributed by atoms with Crippen LogP contribution in [0.2, 0.25) is 0 Å². The topological polar surface area (TPSA) is 126 Å². The van der Waals surface area contributed by atoms with Gasteiger partial charge in [-0.05, 0) is 37.0 Å². The molecule has 0 saturated carbocycles. The molecule has 146 valence electrons. The molecule has 1 aromatic carbocycles. The molecular formula is C18H26O8. The third kappa shape index (κ3) is 4.93. The van der Waals surface area contributed by atoms with Crippen LogP contribution in [0.3, 0.4) is 0 Å². The molecule has 1 aliphatic heterocycles. The van der Waals surface area contributed by atoms with Gasteiger partial charge in [0.1, 0.15) is 24.1 Å². The summed E-state index contributed by atoms with van der Waals surface area (Å²) in [4.78, 5) is 11.1. The Bertz CT molecular complexity index is 575. The van der Waals surface area contributed by atoms with Gasteiger partial charge in [0.05, 0.1) is 13.2 Å². The van der Waals surface area contributed by atoms with Crippen molar-refractivity contribution in [3.63, 3.8) is 0 Å². The maximum Gasteiger partial charge on any atom is 0.335 e. The van der Waals surface area contributed by atoms with Gasteiger partial charge in [0.25, 0.3) is 0 Å². The van der Waals surface area contributed by atoms with Crippen molar-refractivity contribution in [2.24, 2.45) is 0 Å². The van der Waals surface area contributed by atoms with Crippen molar-refractivity contribution in [3.8, 4) is 5.75 Å². The second-order valence-corrected chi connectivity index (χ2v) is 6.29. The third-order valence-electron chi connectivity index (χ3n) is 4.51. The average molecular weight is 370 g/mol. The summed E-state index contributed by atoms with van der Waals surface area (Å²) in [5.41, 5.74) is 1.08. The van der Waals surface area contributed by atoms with Crippen LogP contribution in [0.5, 0.6) is 5.75 Å². The number of carboxylic acid groups (broad SMARTS) is 1. The third-order valence-corrected chi connectivity index (χ3v) is 4.51. The molecule has 6 unspecified atom stereocenters. The predicted molar refractivity (Wildman–Crippen MR) is 90.8 cm³/mol. The molecule has 1 saturated heterocycles. The molecular weight excluding hydrogens is 344 g/mol. The number of aliphatic hydroxyl groups is 3. The number of methoxy groups -OCH3 is 1. The first kappa shape index (κ1) is 20.6. The first-order chi connectivity index (χ1) is 12.4. The standard InChI is InChI=1S/C18H26O8/c1-3-11(7-4-10-5-8-12(24-2)9-6-10)25-18-15(21)13(19)14(20)16(26-18)17(22)23/h5-6,8-9,11,13-16,18-21H,3-4,7H2,1-2H3,(H,22,23). The fraction of sp³-hybridized carbons (Fsp3) is 0.611. The Hall–Kier alpha value is -1.71. The van der Waals surface area contributed by atoms with Crippen molar-refractivity contribution in [3.05, 3.63) is 29.8 Å². The van der Waals surface area contributed by atoms with Gasteiger partial charge in [0, 0.05) is 0 Å². The second kappa shape index (κ2) is 9.29. The van der Waals surface area contributed by atoms with Gasteiger partial charge in [0.15, 0.2) is 12.4 Å². The highest BCUT2D eigenvalue weighted by molar-refractivity contribution is 5.73. The van der Waals surface area contributed by atoms with Gasteiger partial charge in [-0.25, -0.2) is 4.79 Å². The lowest BCUT2D eigenvalue weighted by molar-refractivity contribution is -0.304. The largest absolute Gasteiger partial charge is 0.497 e. The Kier molecular flexibility index (Phi) is 7.36. The number of aliphatic carboxylic acids is 1. The van der Waals surface area contributed by atoms with Gasteiger partial charge < -0.3 is 34.6 Å². The van der Waals surface area contributed by atoms with E-state index < -0.39 is 36.7 Å². The van der Waals surface area contributed by atoms with Crippen LogP contribution in [0, 0.1) is 0 Å². The van der Waals surface area contributed by atoms with Crippen molar-refractivity contribution in [1.82, 2.24) is 0 Å². The molecule has 0 aliphatic carbocycles. The van der Waals surface area contributed by atoms with Gasteiger partial charge in [-0.2, -0.15) is 0 Å². The van der Waals surface area contributed by atoms with Gasteiger partial charge in [0.2, 0.25) is 0 Å². The Labute approximate surface area is 151 Å². The molecule has 1 aromatic rings. The lowest BCUT2D eigenvalue weighted by Crippen LogP contribution is -2.60. The molecule has 0 radical (unpaired) electrons. The summed E-state index contributed by atoms with van der Waals surface area (Å²) in [5.74, 6) is -0.661. The van der Waals surface area contributed by atoms with Crippen LogP contribution in [-0.2, 0) is 20.7 Å². The summed E-state index contributed by atoms with van der Waals surface area (Å²) < 4.78 is 16.0. The minimum Gasteiger partial charge on any atom is -0.497 e. The number of hydrogen-bond donors (Lipinski definition) is 4. The number of aryl methyl sites for hydroxylation is 1. The van der Waals surface area contributed by atoms with Crippen LogP contribution in [0.25, 0.3) is 0 Å². The molecule has 8 heteroatoms. The Morgan fingerprint density at radius 1 is 1.15 bits per heavy atom. The quantitative estimate of drug-likeness (QED) is 0.515. The minimum atomic E-state index is -1.72. The SMILES string of the molecule is CCC(CCc1ccc(OC)cc1)OC1OC(C(=O)O)C(O)C(O)C1O. The molecule has 0 aromatic heterocycles. The zero-order valence-corrected chi connectivity index (χ0v) is 14.8. The number of rotatable bonds is 8. The van der Waals surface area contributed by atoms with Crippen LogP contribution in [0.1, 0.15) is 25.3 Å². The van der Waals surface area contributed by atoms with Crippen LogP contribution in [0.15, 0.2) is 24.3 Å². The molecule has 1 aliphatic rings. The van der Waals surface area contributed by atoms with Gasteiger partial charge in [-0.1, -0.05) is 19.1 Å². The summed E-state index contributed by atoms with van der Waals surface area (Å²) >= 11 is 0. The number of carboxylic acids is 1. The smallest absolute Gasteiger partial charge is 0.335 e. The lowest BCUT2D eigenvalue weighted by atomic mass is 9.98. The molecule has 4 N–H and O–H groups in total. The minimum absolute atomic E-state index is 0.311. The first-order valence-electron chi connectivity index (χ1n) is 8.58. The molecule has 2 rings (SSSR count). The fourth-order valence-electron chi connectivity index (χ4n) is 2.84. The van der Waals surface area contributed by atoms with Crippen LogP contribution in [0.4, 0.5) is 0 Å². The number of aliphatic hydroxyl groups excluding tert-OH is 3. The monoisotopic (exact) mass is 370 g/mol. The van der Waals surface area contributed by atoms with Gasteiger partial charge >= 0.3 is 5.97 Å².